The van der Waals surface area contributed by atoms with Crippen molar-refractivity contribution in [3.05, 3.63) is 50.6 Å². The number of aromatic amines is 1. The topological polar surface area (TPSA) is 44.0 Å². The molecule has 0 spiro atoms. The summed E-state index contributed by atoms with van der Waals surface area (Å²) in [4.78, 5) is 10.4. The second-order valence-corrected chi connectivity index (χ2v) is 8.24. The lowest BCUT2D eigenvalue weighted by Gasteiger charge is -2.29. The van der Waals surface area contributed by atoms with E-state index in [1.54, 1.807) is 0 Å². The third kappa shape index (κ3) is 3.18. The van der Waals surface area contributed by atoms with Crippen LogP contribution < -0.4 is 5.32 Å². The zero-order chi connectivity index (χ0) is 17.4. The molecule has 0 bridgehead atoms. The summed E-state index contributed by atoms with van der Waals surface area (Å²) in [5, 5.41) is 4.33. The van der Waals surface area contributed by atoms with E-state index in [9.17, 15) is 0 Å². The van der Waals surface area contributed by atoms with Gasteiger partial charge in [-0.25, -0.2) is 0 Å². The van der Waals surface area contributed by atoms with Crippen molar-refractivity contribution in [2.24, 2.45) is 5.92 Å². The van der Waals surface area contributed by atoms with Gasteiger partial charge in [-0.3, -0.25) is 4.98 Å². The summed E-state index contributed by atoms with van der Waals surface area (Å²) in [5.74, 6) is 0.535. The third-order valence-corrected chi connectivity index (χ3v) is 6.14. The number of halogens is 1. The van der Waals surface area contributed by atoms with Crippen molar-refractivity contribution in [3.8, 4) is 0 Å². The molecule has 0 saturated carbocycles. The van der Waals surface area contributed by atoms with E-state index in [4.69, 9.17) is 12.2 Å². The first-order valence-corrected chi connectivity index (χ1v) is 9.71. The molecule has 6 heteroatoms. The van der Waals surface area contributed by atoms with Gasteiger partial charge in [0.2, 0.25) is 0 Å². The molecule has 2 aromatic rings. The maximum atomic E-state index is 5.68. The van der Waals surface area contributed by atoms with Gasteiger partial charge in [-0.15, -0.1) is 0 Å². The Morgan fingerprint density at radius 1 is 1.29 bits per heavy atom. The predicted octanol–water partition coefficient (Wildman–Crippen LogP) is 4.26. The second-order valence-electron chi connectivity index (χ2n) is 6.78. The molecule has 2 aromatic heterocycles. The molecule has 2 N–H and O–H groups in total. The molecule has 4 nitrogen and oxygen atoms in total. The van der Waals surface area contributed by atoms with Crippen LogP contribution in [0, 0.1) is 23.3 Å². The Kier molecular flexibility index (Phi) is 5.15. The summed E-state index contributed by atoms with van der Waals surface area (Å²) in [6, 6.07) is 6.29. The molecule has 1 aliphatic rings. The van der Waals surface area contributed by atoms with Gasteiger partial charge in [-0.05, 0) is 66.7 Å². The van der Waals surface area contributed by atoms with Crippen LogP contribution in [0.15, 0.2) is 24.4 Å². The van der Waals surface area contributed by atoms with Gasteiger partial charge < -0.3 is 15.2 Å². The lowest BCUT2D eigenvalue weighted by molar-refractivity contribution is 0.286. The summed E-state index contributed by atoms with van der Waals surface area (Å²) in [6.45, 7) is 9.66. The molecule has 0 aliphatic carbocycles. The highest BCUT2D eigenvalue weighted by Gasteiger charge is 2.42. The molecule has 2 atom stereocenters. The fourth-order valence-electron chi connectivity index (χ4n) is 3.43. The Labute approximate surface area is 162 Å². The summed E-state index contributed by atoms with van der Waals surface area (Å²) < 4.78 is 1.29. The zero-order valence-electron chi connectivity index (χ0n) is 14.4. The monoisotopic (exact) mass is 454 g/mol. The fraction of sp³-hybridized carbons (Fsp3) is 0.444. The molecular weight excluding hydrogens is 431 g/mol. The van der Waals surface area contributed by atoms with Gasteiger partial charge in [0.1, 0.15) is 0 Å². The first kappa shape index (κ1) is 17.7. The number of hydrogen-bond donors (Lipinski definition) is 2. The van der Waals surface area contributed by atoms with Crippen molar-refractivity contribution in [1.29, 1.82) is 0 Å². The summed E-state index contributed by atoms with van der Waals surface area (Å²) >= 11 is 8.13. The minimum absolute atomic E-state index is 0.0693. The summed E-state index contributed by atoms with van der Waals surface area (Å²) in [5.41, 5.74) is 4.79. The van der Waals surface area contributed by atoms with Crippen molar-refractivity contribution < 1.29 is 0 Å². The highest BCUT2D eigenvalue weighted by Crippen LogP contribution is 2.42. The third-order valence-electron chi connectivity index (χ3n) is 4.40. The predicted molar refractivity (Wildman–Crippen MR) is 110 cm³/mol. The van der Waals surface area contributed by atoms with Crippen LogP contribution in [0.3, 0.4) is 0 Å². The number of nitrogens with zero attached hydrogens (tertiary/aromatic N) is 2. The SMILES string of the molecule is Cc1[nH]c(C)c([C@H]2[C@@H](c3ccccn3)NC(=S)N2CC(C)C)c1I. The van der Waals surface area contributed by atoms with E-state index >= 15 is 0 Å². The Morgan fingerprint density at radius 2 is 2.04 bits per heavy atom. The molecule has 0 aromatic carbocycles. The molecular formula is C18H23IN4S. The minimum Gasteiger partial charge on any atom is -0.362 e. The summed E-state index contributed by atoms with van der Waals surface area (Å²) in [6.07, 6.45) is 1.85. The summed E-state index contributed by atoms with van der Waals surface area (Å²) in [7, 11) is 0. The van der Waals surface area contributed by atoms with E-state index in [0.29, 0.717) is 5.92 Å². The van der Waals surface area contributed by atoms with Crippen molar-refractivity contribution in [2.45, 2.75) is 39.8 Å². The Morgan fingerprint density at radius 3 is 2.58 bits per heavy atom. The van der Waals surface area contributed by atoms with E-state index in [1.165, 1.54) is 20.5 Å². The van der Waals surface area contributed by atoms with Crippen LogP contribution in [-0.4, -0.2) is 26.5 Å². The van der Waals surface area contributed by atoms with Gasteiger partial charge in [-0.2, -0.15) is 0 Å². The number of aryl methyl sites for hydroxylation is 2. The van der Waals surface area contributed by atoms with Crippen LogP contribution in [0.2, 0.25) is 0 Å². The fourth-order valence-corrected chi connectivity index (χ4v) is 4.60. The molecule has 1 aliphatic heterocycles. The standard InChI is InChI=1S/C18H23IN4S/c1-10(2)9-23-17(14-11(3)21-12(4)15(14)19)16(22-18(23)24)13-7-5-6-8-20-13/h5-8,10,16-17,21H,9H2,1-4H3,(H,22,24)/t16-,17+/m1/s1. The van der Waals surface area contributed by atoms with Crippen LogP contribution in [-0.2, 0) is 0 Å². The van der Waals surface area contributed by atoms with Crippen molar-refractivity contribution >= 4 is 39.9 Å². The van der Waals surface area contributed by atoms with Crippen molar-refractivity contribution in [3.63, 3.8) is 0 Å². The van der Waals surface area contributed by atoms with Gasteiger partial charge in [0.15, 0.2) is 5.11 Å². The number of thiocarbonyl (C=S) groups is 1. The molecule has 0 unspecified atom stereocenters. The van der Waals surface area contributed by atoms with Crippen molar-refractivity contribution in [1.82, 2.24) is 20.2 Å². The Hall–Kier alpha value is -1.15. The quantitative estimate of drug-likeness (QED) is 0.536. The lowest BCUT2D eigenvalue weighted by atomic mass is 9.96. The number of aromatic nitrogens is 2. The number of nitrogens with one attached hydrogen (secondary N) is 2. The second kappa shape index (κ2) is 7.00. The Bertz CT molecular complexity index is 741. The maximum absolute atomic E-state index is 5.68. The molecule has 3 rings (SSSR count). The molecule has 1 saturated heterocycles. The van der Waals surface area contributed by atoms with E-state index in [2.05, 4.69) is 76.5 Å². The maximum Gasteiger partial charge on any atom is 0.170 e. The largest absolute Gasteiger partial charge is 0.362 e. The van der Waals surface area contributed by atoms with Crippen molar-refractivity contribution in [2.75, 3.05) is 6.54 Å². The minimum atomic E-state index is 0.0693. The van der Waals surface area contributed by atoms with Gasteiger partial charge in [0.05, 0.1) is 17.8 Å². The van der Waals surface area contributed by atoms with Crippen LogP contribution in [0.5, 0.6) is 0 Å². The molecule has 1 fully saturated rings. The smallest absolute Gasteiger partial charge is 0.170 e. The molecule has 3 heterocycles. The van der Waals surface area contributed by atoms with Crippen LogP contribution in [0.25, 0.3) is 0 Å². The van der Waals surface area contributed by atoms with Crippen LogP contribution in [0.1, 0.15) is 48.6 Å². The van der Waals surface area contributed by atoms with Gasteiger partial charge in [0, 0.05) is 33.3 Å². The van der Waals surface area contributed by atoms with Crippen LogP contribution >= 0.6 is 34.8 Å². The van der Waals surface area contributed by atoms with Gasteiger partial charge in [0.25, 0.3) is 0 Å². The Balaban J connectivity index is 2.11. The van der Waals surface area contributed by atoms with E-state index in [1.807, 2.05) is 18.3 Å². The average Bonchev–Trinajstić information content (AvgIpc) is 2.97. The normalized spacial score (nSPS) is 20.8. The number of H-pyrrole nitrogens is 1. The lowest BCUT2D eigenvalue weighted by Crippen LogP contribution is -2.33. The van der Waals surface area contributed by atoms with Crippen LogP contribution in [0.4, 0.5) is 0 Å². The van der Waals surface area contributed by atoms with E-state index in [-0.39, 0.29) is 12.1 Å². The average molecular weight is 454 g/mol. The number of rotatable bonds is 4. The highest BCUT2D eigenvalue weighted by atomic mass is 127. The highest BCUT2D eigenvalue weighted by molar-refractivity contribution is 14.1. The molecule has 0 radical (unpaired) electrons. The molecule has 24 heavy (non-hydrogen) atoms. The number of pyridine rings is 1. The molecule has 0 amide bonds. The first-order valence-electron chi connectivity index (χ1n) is 8.22. The zero-order valence-corrected chi connectivity index (χ0v) is 17.4. The van der Waals surface area contributed by atoms with Gasteiger partial charge >= 0.3 is 0 Å². The number of hydrogen-bond acceptors (Lipinski definition) is 2. The first-order chi connectivity index (χ1) is 11.4. The van der Waals surface area contributed by atoms with Gasteiger partial charge in [-0.1, -0.05) is 19.9 Å². The van der Waals surface area contributed by atoms with E-state index in [0.717, 1.165) is 17.4 Å². The molecule has 128 valence electrons. The van der Waals surface area contributed by atoms with E-state index < -0.39 is 0 Å².